The Kier molecular flexibility index (Phi) is 1.63. The van der Waals surface area contributed by atoms with E-state index in [1.165, 1.54) is 0 Å². The minimum Gasteiger partial charge on any atom is -0.265 e. The second-order valence-electron chi connectivity index (χ2n) is 1.56. The first kappa shape index (κ1) is 7.70. The molecule has 11 heavy (non-hydrogen) atoms. The molecule has 1 rings (SSSR count). The maximum Gasteiger partial charge on any atom is 0.440 e. The average molecular weight is 163 g/mol. The van der Waals surface area contributed by atoms with Gasteiger partial charge in [-0.25, -0.2) is 0 Å². The highest BCUT2D eigenvalue weighted by Crippen LogP contribution is 2.18. The summed E-state index contributed by atoms with van der Waals surface area (Å²) in [5.74, 6) is -1.47. The zero-order chi connectivity index (χ0) is 8.48. The number of carbonyl (C=O) groups is 1. The number of amides is 1. The highest BCUT2D eigenvalue weighted by molar-refractivity contribution is 6.43. The molecule has 2 radical (unpaired) electrons. The summed E-state index contributed by atoms with van der Waals surface area (Å²) in [5.41, 5.74) is -1.61. The molecule has 0 atom stereocenters. The molecule has 1 heterocycles. The van der Waals surface area contributed by atoms with Crippen LogP contribution < -0.4 is 5.32 Å². The maximum absolute atomic E-state index is 11.7. The second kappa shape index (κ2) is 2.33. The molecule has 1 aliphatic rings. The zero-order valence-electron chi connectivity index (χ0n) is 4.88. The first-order valence-electron chi connectivity index (χ1n) is 2.37. The summed E-state index contributed by atoms with van der Waals surface area (Å²) in [6.07, 6.45) is -3.14. The molecular weight excluding hydrogens is 163 g/mol. The Balaban J connectivity index is 2.93. The Labute approximate surface area is 58.8 Å². The van der Waals surface area contributed by atoms with Gasteiger partial charge in [-0.05, 0) is 0 Å². The molecule has 1 amide bonds. The lowest BCUT2D eigenvalue weighted by atomic mass is 10.3. The van der Waals surface area contributed by atoms with Crippen molar-refractivity contribution in [2.75, 3.05) is 0 Å². The number of hydrogen-bond donors (Lipinski definition) is 0. The Bertz CT molecular complexity index is 241. The van der Waals surface area contributed by atoms with Crippen LogP contribution in [-0.4, -0.2) is 24.1 Å². The van der Waals surface area contributed by atoms with Gasteiger partial charge in [-0.1, -0.05) is 0 Å². The third-order valence-corrected chi connectivity index (χ3v) is 0.817. The molecule has 0 saturated heterocycles. The van der Waals surface area contributed by atoms with Crippen LogP contribution in [0, 0.1) is 0 Å². The van der Waals surface area contributed by atoms with Crippen LogP contribution in [-0.2, 0) is 4.79 Å². The summed E-state index contributed by atoms with van der Waals surface area (Å²) < 4.78 is 35.1. The molecule has 0 aromatic carbocycles. The second-order valence-corrected chi connectivity index (χ2v) is 1.56. The van der Waals surface area contributed by atoms with Crippen LogP contribution in [0.15, 0.2) is 10.2 Å². The zero-order valence-corrected chi connectivity index (χ0v) is 4.88. The number of rotatable bonds is 0. The minimum absolute atomic E-state index is 1.47. The summed E-state index contributed by atoms with van der Waals surface area (Å²) >= 11 is 0. The molecule has 58 valence electrons. The van der Waals surface area contributed by atoms with E-state index in [0.29, 0.717) is 0 Å². The molecule has 0 aromatic rings. The lowest BCUT2D eigenvalue weighted by Gasteiger charge is -2.06. The average Bonchev–Trinajstić information content (AvgIpc) is 1.86. The van der Waals surface area contributed by atoms with Gasteiger partial charge in [0.1, 0.15) is 0 Å². The summed E-state index contributed by atoms with van der Waals surface area (Å²) in [5, 5.41) is 7.92. The molecule has 4 nitrogen and oxygen atoms in total. The van der Waals surface area contributed by atoms with Crippen molar-refractivity contribution < 1.29 is 18.0 Å². The van der Waals surface area contributed by atoms with E-state index in [1.54, 1.807) is 6.34 Å². The summed E-state index contributed by atoms with van der Waals surface area (Å²) in [6.45, 7) is 0. The fraction of sp³-hybridized carbons (Fsp3) is 0.250. The number of halogens is 3. The standard InChI is InChI=1S/C4F3N3O/c5-4(6,7)2-3(11)8-1-9-10-2. The molecular formula is C4F3N3O. The summed E-state index contributed by atoms with van der Waals surface area (Å²) in [6, 6.07) is 0. The lowest BCUT2D eigenvalue weighted by Crippen LogP contribution is -2.37. The fourth-order valence-corrected chi connectivity index (χ4v) is 0.414. The third-order valence-electron chi connectivity index (χ3n) is 0.817. The SMILES string of the molecule is O=C1[N][C]=NN=C1C(F)(F)F. The van der Waals surface area contributed by atoms with Crippen LogP contribution in [0.4, 0.5) is 13.2 Å². The van der Waals surface area contributed by atoms with Gasteiger partial charge >= 0.3 is 12.1 Å². The lowest BCUT2D eigenvalue weighted by molar-refractivity contribution is -0.118. The predicted octanol–water partition coefficient (Wildman–Crippen LogP) is -0.0454. The van der Waals surface area contributed by atoms with Gasteiger partial charge in [-0.2, -0.15) is 18.5 Å². The minimum atomic E-state index is -4.79. The van der Waals surface area contributed by atoms with Crippen molar-refractivity contribution in [2.24, 2.45) is 10.2 Å². The highest BCUT2D eigenvalue weighted by atomic mass is 19.4. The largest absolute Gasteiger partial charge is 0.440 e. The number of carbonyl (C=O) groups excluding carboxylic acids is 1. The van der Waals surface area contributed by atoms with Gasteiger partial charge in [-0.3, -0.25) is 4.79 Å². The molecule has 7 heteroatoms. The van der Waals surface area contributed by atoms with Crippen LogP contribution in [0.2, 0.25) is 0 Å². The summed E-state index contributed by atoms with van der Waals surface area (Å²) in [4.78, 5) is 10.3. The van der Waals surface area contributed by atoms with Gasteiger partial charge in [0.05, 0.1) is 0 Å². The topological polar surface area (TPSA) is 55.9 Å². The predicted molar refractivity (Wildman–Crippen MR) is 28.1 cm³/mol. The van der Waals surface area contributed by atoms with Gasteiger partial charge < -0.3 is 0 Å². The first-order chi connectivity index (χ1) is 5.02. The number of hydrogen-bond acceptors (Lipinski definition) is 3. The van der Waals surface area contributed by atoms with E-state index in [9.17, 15) is 18.0 Å². The van der Waals surface area contributed by atoms with Crippen molar-refractivity contribution in [3.63, 3.8) is 0 Å². The molecule has 1 aliphatic heterocycles. The Morgan fingerprint density at radius 1 is 1.36 bits per heavy atom. The monoisotopic (exact) mass is 163 g/mol. The van der Waals surface area contributed by atoms with Gasteiger partial charge in [0.15, 0.2) is 0 Å². The van der Waals surface area contributed by atoms with Crippen molar-refractivity contribution in [3.8, 4) is 0 Å². The molecule has 0 bridgehead atoms. The van der Waals surface area contributed by atoms with Crippen molar-refractivity contribution in [3.05, 3.63) is 0 Å². The molecule has 0 N–H and O–H groups in total. The Hall–Kier alpha value is -1.40. The van der Waals surface area contributed by atoms with Crippen LogP contribution in [0.1, 0.15) is 0 Å². The first-order valence-corrected chi connectivity index (χ1v) is 2.37. The Morgan fingerprint density at radius 3 is 2.36 bits per heavy atom. The van der Waals surface area contributed by atoms with E-state index >= 15 is 0 Å². The van der Waals surface area contributed by atoms with E-state index in [-0.39, 0.29) is 0 Å². The molecule has 0 unspecified atom stereocenters. The van der Waals surface area contributed by atoms with Gasteiger partial charge in [0, 0.05) is 0 Å². The maximum atomic E-state index is 11.7. The molecule has 0 aliphatic carbocycles. The van der Waals surface area contributed by atoms with Crippen molar-refractivity contribution in [1.82, 2.24) is 5.32 Å². The van der Waals surface area contributed by atoms with Gasteiger partial charge in [-0.15, -0.1) is 10.2 Å². The van der Waals surface area contributed by atoms with E-state index in [4.69, 9.17) is 0 Å². The Morgan fingerprint density at radius 2 is 2.00 bits per heavy atom. The van der Waals surface area contributed by atoms with Gasteiger partial charge in [0.25, 0.3) is 0 Å². The normalized spacial score (nSPS) is 17.7. The number of alkyl halides is 3. The quantitative estimate of drug-likeness (QED) is 0.494. The van der Waals surface area contributed by atoms with Crippen molar-refractivity contribution in [1.29, 1.82) is 0 Å². The van der Waals surface area contributed by atoms with Crippen molar-refractivity contribution in [2.45, 2.75) is 6.18 Å². The van der Waals surface area contributed by atoms with E-state index in [0.717, 1.165) is 0 Å². The van der Waals surface area contributed by atoms with E-state index in [1.807, 2.05) is 0 Å². The van der Waals surface area contributed by atoms with Crippen LogP contribution in [0.3, 0.4) is 0 Å². The van der Waals surface area contributed by atoms with Crippen LogP contribution >= 0.6 is 0 Å². The van der Waals surface area contributed by atoms with Gasteiger partial charge in [0.2, 0.25) is 12.1 Å². The summed E-state index contributed by atoms with van der Waals surface area (Å²) in [7, 11) is 0. The van der Waals surface area contributed by atoms with Crippen molar-refractivity contribution >= 4 is 18.0 Å². The molecule has 0 spiro atoms. The van der Waals surface area contributed by atoms with E-state index < -0.39 is 17.8 Å². The van der Waals surface area contributed by atoms with E-state index in [2.05, 4.69) is 15.5 Å². The number of nitrogens with zero attached hydrogens (tertiary/aromatic N) is 3. The fourth-order valence-electron chi connectivity index (χ4n) is 0.414. The highest BCUT2D eigenvalue weighted by Gasteiger charge is 2.42. The smallest absolute Gasteiger partial charge is 0.265 e. The van der Waals surface area contributed by atoms with Crippen LogP contribution in [0.5, 0.6) is 0 Å². The molecule has 0 saturated carbocycles. The third kappa shape index (κ3) is 1.54. The molecule has 0 fully saturated rings. The molecule has 0 aromatic heterocycles. The van der Waals surface area contributed by atoms with Crippen LogP contribution in [0.25, 0.3) is 0 Å².